The zero-order valence-electron chi connectivity index (χ0n) is 16.1. The van der Waals surface area contributed by atoms with E-state index in [0.717, 1.165) is 23.6 Å². The van der Waals surface area contributed by atoms with Crippen LogP contribution in [0, 0.1) is 5.92 Å². The van der Waals surface area contributed by atoms with Gasteiger partial charge in [0.1, 0.15) is 0 Å². The lowest BCUT2D eigenvalue weighted by Gasteiger charge is -2.10. The lowest BCUT2D eigenvalue weighted by atomic mass is 10.1. The Morgan fingerprint density at radius 1 is 0.867 bits per heavy atom. The zero-order chi connectivity index (χ0) is 21.1. The summed E-state index contributed by atoms with van der Waals surface area (Å²) in [5.74, 6) is -0.490. The number of nitrogens with one attached hydrogen (secondary N) is 3. The van der Waals surface area contributed by atoms with Gasteiger partial charge in [-0.15, -0.1) is 0 Å². The summed E-state index contributed by atoms with van der Waals surface area (Å²) in [4.78, 5) is 23.6. The topological polar surface area (TPSA) is 104 Å². The van der Waals surface area contributed by atoms with Gasteiger partial charge in [0, 0.05) is 11.6 Å². The first-order chi connectivity index (χ1) is 14.4. The van der Waals surface area contributed by atoms with E-state index in [2.05, 4.69) is 15.6 Å². The minimum atomic E-state index is -3.74. The molecule has 1 fully saturated rings. The van der Waals surface area contributed by atoms with Crippen LogP contribution in [-0.2, 0) is 26.0 Å². The molecule has 0 radical (unpaired) electrons. The summed E-state index contributed by atoms with van der Waals surface area (Å²) >= 11 is 0. The predicted molar refractivity (Wildman–Crippen MR) is 114 cm³/mol. The van der Waals surface area contributed by atoms with Crippen molar-refractivity contribution in [2.45, 2.75) is 24.2 Å². The van der Waals surface area contributed by atoms with E-state index in [-0.39, 0.29) is 29.0 Å². The van der Waals surface area contributed by atoms with Crippen LogP contribution in [0.4, 0.5) is 5.69 Å². The molecule has 1 aliphatic carbocycles. The number of benzene rings is 3. The van der Waals surface area contributed by atoms with Crippen LogP contribution < -0.4 is 15.6 Å². The SMILES string of the molecule is O=C(Cc1ccc(NS(=O)(=O)c2ccc3ccccc3c2)cc1)NNC(=O)C1CC1. The van der Waals surface area contributed by atoms with Crippen molar-refractivity contribution in [3.63, 3.8) is 0 Å². The summed E-state index contributed by atoms with van der Waals surface area (Å²) in [6.07, 6.45) is 1.79. The number of carbonyl (C=O) groups excluding carboxylic acids is 2. The molecule has 0 unspecified atom stereocenters. The van der Waals surface area contributed by atoms with Crippen LogP contribution in [0.5, 0.6) is 0 Å². The fraction of sp³-hybridized carbons (Fsp3) is 0.182. The van der Waals surface area contributed by atoms with Crippen molar-refractivity contribution in [2.75, 3.05) is 4.72 Å². The summed E-state index contributed by atoms with van der Waals surface area (Å²) in [6.45, 7) is 0. The third-order valence-corrected chi connectivity index (χ3v) is 6.25. The molecule has 8 heteroatoms. The quantitative estimate of drug-likeness (QED) is 0.530. The Morgan fingerprint density at radius 3 is 2.27 bits per heavy atom. The first-order valence-corrected chi connectivity index (χ1v) is 11.1. The van der Waals surface area contributed by atoms with E-state index in [4.69, 9.17) is 0 Å². The van der Waals surface area contributed by atoms with Crippen molar-refractivity contribution in [3.05, 3.63) is 72.3 Å². The maximum Gasteiger partial charge on any atom is 0.261 e. The Hall–Kier alpha value is -3.39. The van der Waals surface area contributed by atoms with Crippen molar-refractivity contribution in [1.82, 2.24) is 10.9 Å². The molecule has 1 aliphatic rings. The molecule has 0 aromatic heterocycles. The molecule has 7 nitrogen and oxygen atoms in total. The molecule has 3 aromatic carbocycles. The molecule has 30 heavy (non-hydrogen) atoms. The number of fused-ring (bicyclic) bond motifs is 1. The highest BCUT2D eigenvalue weighted by Crippen LogP contribution is 2.28. The molecule has 4 rings (SSSR count). The summed E-state index contributed by atoms with van der Waals surface area (Å²) in [7, 11) is -3.74. The molecule has 3 aromatic rings. The Labute approximate surface area is 174 Å². The Morgan fingerprint density at radius 2 is 1.57 bits per heavy atom. The third kappa shape index (κ3) is 4.77. The van der Waals surface area contributed by atoms with Crippen molar-refractivity contribution in [1.29, 1.82) is 0 Å². The lowest BCUT2D eigenvalue weighted by Crippen LogP contribution is -2.43. The van der Waals surface area contributed by atoms with Crippen molar-refractivity contribution in [2.24, 2.45) is 5.92 Å². The molecule has 2 amide bonds. The highest BCUT2D eigenvalue weighted by atomic mass is 32.2. The van der Waals surface area contributed by atoms with E-state index in [1.54, 1.807) is 42.5 Å². The number of sulfonamides is 1. The number of hydrazine groups is 1. The van der Waals surface area contributed by atoms with Crippen LogP contribution in [0.3, 0.4) is 0 Å². The van der Waals surface area contributed by atoms with Gasteiger partial charge < -0.3 is 0 Å². The normalized spacial score (nSPS) is 13.6. The monoisotopic (exact) mass is 423 g/mol. The Kier molecular flexibility index (Phi) is 5.41. The van der Waals surface area contributed by atoms with Crippen LogP contribution in [-0.4, -0.2) is 20.2 Å². The van der Waals surface area contributed by atoms with Gasteiger partial charge in [-0.3, -0.25) is 25.2 Å². The van der Waals surface area contributed by atoms with Crippen molar-refractivity contribution >= 4 is 38.3 Å². The summed E-state index contributed by atoms with van der Waals surface area (Å²) in [6, 6.07) is 19.1. The standard InChI is InChI=1S/C22H21N3O4S/c26-21(23-24-22(27)17-7-8-17)13-15-5-10-19(11-6-15)25-30(28,29)20-12-9-16-3-1-2-4-18(16)14-20/h1-6,9-12,14,17,25H,7-8,13H2,(H,23,26)(H,24,27). The molecule has 0 saturated heterocycles. The molecule has 154 valence electrons. The highest BCUT2D eigenvalue weighted by Gasteiger charge is 2.29. The first kappa shape index (κ1) is 19.9. The Balaban J connectivity index is 1.38. The summed E-state index contributed by atoms with van der Waals surface area (Å²) in [5, 5.41) is 1.81. The van der Waals surface area contributed by atoms with Crippen LogP contribution in [0.25, 0.3) is 10.8 Å². The van der Waals surface area contributed by atoms with Crippen molar-refractivity contribution in [3.8, 4) is 0 Å². The molecule has 3 N–H and O–H groups in total. The number of hydrogen-bond donors (Lipinski definition) is 3. The smallest absolute Gasteiger partial charge is 0.261 e. The molecular weight excluding hydrogens is 402 g/mol. The van der Waals surface area contributed by atoms with E-state index in [9.17, 15) is 18.0 Å². The third-order valence-electron chi connectivity index (χ3n) is 4.88. The molecule has 0 aliphatic heterocycles. The average Bonchev–Trinajstić information content (AvgIpc) is 3.58. The van der Waals surface area contributed by atoms with Gasteiger partial charge in [-0.2, -0.15) is 0 Å². The van der Waals surface area contributed by atoms with Gasteiger partial charge in [0.25, 0.3) is 10.0 Å². The van der Waals surface area contributed by atoms with Crippen LogP contribution in [0.1, 0.15) is 18.4 Å². The van der Waals surface area contributed by atoms with Gasteiger partial charge in [-0.1, -0.05) is 42.5 Å². The Bertz CT molecular complexity index is 1200. The average molecular weight is 423 g/mol. The van der Waals surface area contributed by atoms with E-state index < -0.39 is 10.0 Å². The van der Waals surface area contributed by atoms with E-state index in [1.165, 1.54) is 0 Å². The second kappa shape index (κ2) is 8.16. The minimum Gasteiger partial charge on any atom is -0.280 e. The van der Waals surface area contributed by atoms with E-state index >= 15 is 0 Å². The van der Waals surface area contributed by atoms with Gasteiger partial charge in [0.15, 0.2) is 0 Å². The van der Waals surface area contributed by atoms with Gasteiger partial charge in [0.05, 0.1) is 11.3 Å². The first-order valence-electron chi connectivity index (χ1n) is 9.60. The molecule has 1 saturated carbocycles. The lowest BCUT2D eigenvalue weighted by molar-refractivity contribution is -0.129. The number of rotatable bonds is 6. The maximum atomic E-state index is 12.7. The maximum absolute atomic E-state index is 12.7. The number of carbonyl (C=O) groups is 2. The molecular formula is C22H21N3O4S. The van der Waals surface area contributed by atoms with Gasteiger partial charge in [-0.25, -0.2) is 8.42 Å². The number of amides is 2. The van der Waals surface area contributed by atoms with E-state index in [1.807, 2.05) is 24.3 Å². The summed E-state index contributed by atoms with van der Waals surface area (Å²) < 4.78 is 28.0. The molecule has 0 atom stereocenters. The second-order valence-corrected chi connectivity index (χ2v) is 8.98. The second-order valence-electron chi connectivity index (χ2n) is 7.30. The van der Waals surface area contributed by atoms with Crippen LogP contribution in [0.2, 0.25) is 0 Å². The molecule has 0 bridgehead atoms. The van der Waals surface area contributed by atoms with Gasteiger partial charge in [-0.05, 0) is 53.4 Å². The minimum absolute atomic E-state index is 0.0141. The summed E-state index contributed by atoms with van der Waals surface area (Å²) in [5.41, 5.74) is 5.89. The predicted octanol–water partition coefficient (Wildman–Crippen LogP) is 2.74. The van der Waals surface area contributed by atoms with Crippen LogP contribution >= 0.6 is 0 Å². The largest absolute Gasteiger partial charge is 0.280 e. The number of hydrogen-bond acceptors (Lipinski definition) is 4. The van der Waals surface area contributed by atoms with E-state index in [0.29, 0.717) is 11.3 Å². The molecule has 0 heterocycles. The zero-order valence-corrected chi connectivity index (χ0v) is 16.9. The van der Waals surface area contributed by atoms with Crippen LogP contribution in [0.15, 0.2) is 71.6 Å². The van der Waals surface area contributed by atoms with Gasteiger partial charge in [0.2, 0.25) is 11.8 Å². The fourth-order valence-electron chi connectivity index (χ4n) is 3.05. The van der Waals surface area contributed by atoms with Gasteiger partial charge >= 0.3 is 0 Å². The highest BCUT2D eigenvalue weighted by molar-refractivity contribution is 7.92. The molecule has 0 spiro atoms. The number of anilines is 1. The fourth-order valence-corrected chi connectivity index (χ4v) is 4.14. The van der Waals surface area contributed by atoms with Crippen molar-refractivity contribution < 1.29 is 18.0 Å².